The van der Waals surface area contributed by atoms with Crippen LogP contribution < -0.4 is 10.1 Å². The zero-order valence-electron chi connectivity index (χ0n) is 18.4. The van der Waals surface area contributed by atoms with E-state index in [1.807, 2.05) is 36.1 Å². The molecule has 172 valence electrons. The molecule has 0 aromatic heterocycles. The number of carbonyl (C=O) groups is 2. The fourth-order valence-electron chi connectivity index (χ4n) is 4.24. The Hall–Kier alpha value is -2.13. The summed E-state index contributed by atoms with van der Waals surface area (Å²) in [7, 11) is -3.31. The number of para-hydroxylation sites is 1. The van der Waals surface area contributed by atoms with E-state index >= 15 is 0 Å². The highest BCUT2D eigenvalue weighted by Crippen LogP contribution is 2.28. The third-order valence-electron chi connectivity index (χ3n) is 6.05. The van der Waals surface area contributed by atoms with E-state index < -0.39 is 10.0 Å². The predicted octanol–water partition coefficient (Wildman–Crippen LogP) is 1.93. The number of nitrogens with one attached hydrogen (secondary N) is 1. The Morgan fingerprint density at radius 1 is 1.16 bits per heavy atom. The van der Waals surface area contributed by atoms with Crippen molar-refractivity contribution >= 4 is 21.8 Å². The van der Waals surface area contributed by atoms with Crippen LogP contribution in [-0.2, 0) is 19.6 Å². The zero-order valence-corrected chi connectivity index (χ0v) is 19.2. The number of likely N-dealkylation sites (tertiary alicyclic amines) is 1. The smallest absolute Gasteiger partial charge is 0.260 e. The van der Waals surface area contributed by atoms with E-state index in [-0.39, 0.29) is 36.9 Å². The highest BCUT2D eigenvalue weighted by atomic mass is 32.2. The normalized spacial score (nSPS) is 21.0. The molecule has 8 nitrogen and oxygen atoms in total. The third kappa shape index (κ3) is 6.20. The van der Waals surface area contributed by atoms with Gasteiger partial charge in [0.1, 0.15) is 5.75 Å². The predicted molar refractivity (Wildman–Crippen MR) is 118 cm³/mol. The van der Waals surface area contributed by atoms with Crippen molar-refractivity contribution in [3.63, 3.8) is 0 Å². The Bertz CT molecular complexity index is 883. The summed E-state index contributed by atoms with van der Waals surface area (Å²) in [5.41, 5.74) is 0.823. The van der Waals surface area contributed by atoms with Crippen LogP contribution in [0.3, 0.4) is 0 Å². The van der Waals surface area contributed by atoms with E-state index in [0.717, 1.165) is 31.5 Å². The number of amides is 2. The minimum Gasteiger partial charge on any atom is -0.483 e. The summed E-state index contributed by atoms with van der Waals surface area (Å²) < 4.78 is 31.0. The number of rotatable bonds is 8. The number of carbonyl (C=O) groups excluding carboxylic acids is 2. The molecular weight excluding hydrogens is 418 g/mol. The van der Waals surface area contributed by atoms with Crippen LogP contribution in [-0.4, -0.2) is 68.5 Å². The van der Waals surface area contributed by atoms with Crippen molar-refractivity contribution in [2.45, 2.75) is 45.1 Å². The lowest BCUT2D eigenvalue weighted by molar-refractivity contribution is -0.132. The molecule has 0 aliphatic carbocycles. The Morgan fingerprint density at radius 3 is 2.55 bits per heavy atom. The maximum absolute atomic E-state index is 12.9. The van der Waals surface area contributed by atoms with Gasteiger partial charge < -0.3 is 15.0 Å². The second-order valence-electron chi connectivity index (χ2n) is 8.34. The first-order chi connectivity index (χ1) is 14.8. The standard InChI is InChI=1S/C22H33N3O5S/c1-3-19(23-22(27)17-9-8-14-25(15-17)31(2,28)29)18-10-4-5-11-20(18)30-16-21(26)24-12-6-7-13-24/h4-5,10-11,17,19H,3,6-9,12-16H2,1-2H3,(H,23,27). The Kier molecular flexibility index (Phi) is 7.94. The van der Waals surface area contributed by atoms with Crippen LogP contribution in [0.15, 0.2) is 24.3 Å². The highest BCUT2D eigenvalue weighted by Gasteiger charge is 2.31. The molecule has 2 fully saturated rings. The lowest BCUT2D eigenvalue weighted by atomic mass is 9.96. The van der Waals surface area contributed by atoms with E-state index in [4.69, 9.17) is 4.74 Å². The van der Waals surface area contributed by atoms with Gasteiger partial charge in [-0.3, -0.25) is 9.59 Å². The summed E-state index contributed by atoms with van der Waals surface area (Å²) >= 11 is 0. The minimum atomic E-state index is -3.31. The molecule has 1 aromatic rings. The zero-order chi connectivity index (χ0) is 22.4. The molecule has 1 aromatic carbocycles. The molecule has 0 saturated carbocycles. The molecule has 0 bridgehead atoms. The van der Waals surface area contributed by atoms with E-state index in [9.17, 15) is 18.0 Å². The van der Waals surface area contributed by atoms with Gasteiger partial charge in [-0.25, -0.2) is 12.7 Å². The molecule has 2 atom stereocenters. The van der Waals surface area contributed by atoms with Crippen molar-refractivity contribution < 1.29 is 22.7 Å². The van der Waals surface area contributed by atoms with Crippen molar-refractivity contribution in [1.82, 2.24) is 14.5 Å². The Labute approximate surface area is 185 Å². The molecule has 2 aliphatic heterocycles. The van der Waals surface area contributed by atoms with Crippen LogP contribution in [0.2, 0.25) is 0 Å². The first kappa shape index (κ1) is 23.5. The lowest BCUT2D eigenvalue weighted by Gasteiger charge is -2.31. The van der Waals surface area contributed by atoms with Gasteiger partial charge in [-0.2, -0.15) is 0 Å². The summed E-state index contributed by atoms with van der Waals surface area (Å²) in [6.07, 6.45) is 5.22. The van der Waals surface area contributed by atoms with Crippen LogP contribution in [0, 0.1) is 5.92 Å². The topological polar surface area (TPSA) is 96.0 Å². The first-order valence-electron chi connectivity index (χ1n) is 11.0. The number of sulfonamides is 1. The average molecular weight is 452 g/mol. The van der Waals surface area contributed by atoms with Crippen LogP contribution in [0.5, 0.6) is 5.75 Å². The molecule has 2 aliphatic rings. The van der Waals surface area contributed by atoms with E-state index in [1.165, 1.54) is 10.6 Å². The summed E-state index contributed by atoms with van der Waals surface area (Å²) in [5.74, 6) is 0.0431. The molecular formula is C22H33N3O5S. The quantitative estimate of drug-likeness (QED) is 0.652. The lowest BCUT2D eigenvalue weighted by Crippen LogP contribution is -2.45. The van der Waals surface area contributed by atoms with Gasteiger partial charge in [0.2, 0.25) is 15.9 Å². The molecule has 2 unspecified atom stereocenters. The van der Waals surface area contributed by atoms with E-state index in [1.54, 1.807) is 0 Å². The van der Waals surface area contributed by atoms with E-state index in [2.05, 4.69) is 5.32 Å². The minimum absolute atomic E-state index is 0.0205. The molecule has 2 heterocycles. The molecule has 1 N–H and O–H groups in total. The third-order valence-corrected chi connectivity index (χ3v) is 7.32. The molecule has 9 heteroatoms. The monoisotopic (exact) mass is 451 g/mol. The fraction of sp³-hybridized carbons (Fsp3) is 0.636. The maximum atomic E-state index is 12.9. The van der Waals surface area contributed by atoms with Gasteiger partial charge >= 0.3 is 0 Å². The molecule has 0 radical (unpaired) electrons. The molecule has 0 spiro atoms. The van der Waals surface area contributed by atoms with Gasteiger partial charge in [0.15, 0.2) is 6.61 Å². The van der Waals surface area contributed by atoms with Gasteiger partial charge in [-0.15, -0.1) is 0 Å². The number of hydrogen-bond donors (Lipinski definition) is 1. The Balaban J connectivity index is 1.65. The summed E-state index contributed by atoms with van der Waals surface area (Å²) in [5, 5.41) is 3.07. The van der Waals surface area contributed by atoms with Crippen molar-refractivity contribution in [1.29, 1.82) is 0 Å². The molecule has 2 amide bonds. The number of ether oxygens (including phenoxy) is 1. The first-order valence-corrected chi connectivity index (χ1v) is 12.9. The second-order valence-corrected chi connectivity index (χ2v) is 10.3. The fourth-order valence-corrected chi connectivity index (χ4v) is 5.16. The van der Waals surface area contributed by atoms with Crippen LogP contribution >= 0.6 is 0 Å². The summed E-state index contributed by atoms with van der Waals surface area (Å²) in [4.78, 5) is 27.1. The van der Waals surface area contributed by atoms with Crippen molar-refractivity contribution in [3.8, 4) is 5.75 Å². The van der Waals surface area contributed by atoms with Gasteiger partial charge in [-0.05, 0) is 38.2 Å². The van der Waals surface area contributed by atoms with E-state index in [0.29, 0.717) is 31.6 Å². The van der Waals surface area contributed by atoms with Crippen molar-refractivity contribution in [3.05, 3.63) is 29.8 Å². The summed E-state index contributed by atoms with van der Waals surface area (Å²) in [6, 6.07) is 7.16. The number of hydrogen-bond acceptors (Lipinski definition) is 5. The highest BCUT2D eigenvalue weighted by molar-refractivity contribution is 7.88. The van der Waals surface area contributed by atoms with Crippen molar-refractivity contribution in [2.75, 3.05) is 39.0 Å². The van der Waals surface area contributed by atoms with Crippen LogP contribution in [0.25, 0.3) is 0 Å². The number of piperidine rings is 1. The second kappa shape index (κ2) is 10.5. The van der Waals surface area contributed by atoms with Crippen LogP contribution in [0.4, 0.5) is 0 Å². The van der Waals surface area contributed by atoms with Crippen molar-refractivity contribution in [2.24, 2.45) is 5.92 Å². The maximum Gasteiger partial charge on any atom is 0.260 e. The number of benzene rings is 1. The van der Waals surface area contributed by atoms with Gasteiger partial charge in [0, 0.05) is 31.7 Å². The van der Waals surface area contributed by atoms with Gasteiger partial charge in [0.25, 0.3) is 5.91 Å². The Morgan fingerprint density at radius 2 is 1.87 bits per heavy atom. The van der Waals surface area contributed by atoms with Gasteiger partial charge in [0.05, 0.1) is 18.2 Å². The molecule has 2 saturated heterocycles. The largest absolute Gasteiger partial charge is 0.483 e. The van der Waals surface area contributed by atoms with Gasteiger partial charge in [-0.1, -0.05) is 25.1 Å². The molecule has 31 heavy (non-hydrogen) atoms. The van der Waals surface area contributed by atoms with Crippen LogP contribution in [0.1, 0.15) is 50.6 Å². The average Bonchev–Trinajstić information content (AvgIpc) is 3.30. The SMILES string of the molecule is CCC(NC(=O)C1CCCN(S(C)(=O)=O)C1)c1ccccc1OCC(=O)N1CCCC1. The molecule has 3 rings (SSSR count). The summed E-state index contributed by atoms with van der Waals surface area (Å²) in [6.45, 7) is 4.19. The number of nitrogens with zero attached hydrogens (tertiary/aromatic N) is 2.